The fourth-order valence-electron chi connectivity index (χ4n) is 0.651. The van der Waals surface area contributed by atoms with Crippen molar-refractivity contribution in [2.75, 3.05) is 13.2 Å². The first-order chi connectivity index (χ1) is 6.49. The third kappa shape index (κ3) is 4.30. The Morgan fingerprint density at radius 2 is 2.14 bits per heavy atom. The molecule has 0 aromatic carbocycles. The van der Waals surface area contributed by atoms with E-state index >= 15 is 0 Å². The molecule has 0 spiro atoms. The van der Waals surface area contributed by atoms with Crippen LogP contribution < -0.4 is 5.73 Å². The highest BCUT2D eigenvalue weighted by atomic mass is 16.5. The Morgan fingerprint density at radius 1 is 1.57 bits per heavy atom. The molecule has 0 aliphatic heterocycles. The van der Waals surface area contributed by atoms with E-state index in [9.17, 15) is 9.59 Å². The molecule has 5 nitrogen and oxygen atoms in total. The van der Waals surface area contributed by atoms with Gasteiger partial charge in [0.15, 0.2) is 0 Å². The zero-order valence-corrected chi connectivity index (χ0v) is 8.16. The van der Waals surface area contributed by atoms with Gasteiger partial charge in [0.25, 0.3) is 0 Å². The third-order valence-electron chi connectivity index (χ3n) is 1.42. The van der Waals surface area contributed by atoms with Gasteiger partial charge in [0.1, 0.15) is 6.61 Å². The minimum atomic E-state index is -0.633. The molecule has 2 N–H and O–H groups in total. The number of nitrogens with two attached hydrogens (primary N) is 1. The van der Waals surface area contributed by atoms with Crippen LogP contribution in [0.2, 0.25) is 0 Å². The summed E-state index contributed by atoms with van der Waals surface area (Å²) in [7, 11) is 0. The van der Waals surface area contributed by atoms with Gasteiger partial charge >= 0.3 is 12.0 Å². The highest BCUT2D eigenvalue weighted by Crippen LogP contribution is 1.93. The van der Waals surface area contributed by atoms with Crippen LogP contribution in [0.15, 0.2) is 24.9 Å². The zero-order valence-electron chi connectivity index (χ0n) is 8.16. The van der Waals surface area contributed by atoms with E-state index in [1.807, 2.05) is 0 Å². The third-order valence-corrected chi connectivity index (χ3v) is 1.42. The van der Waals surface area contributed by atoms with Gasteiger partial charge in [-0.05, 0) is 6.92 Å². The van der Waals surface area contributed by atoms with Gasteiger partial charge in [-0.2, -0.15) is 0 Å². The fourth-order valence-corrected chi connectivity index (χ4v) is 0.651. The first kappa shape index (κ1) is 12.2. The van der Waals surface area contributed by atoms with Crippen molar-refractivity contribution < 1.29 is 14.3 Å². The smallest absolute Gasteiger partial charge is 0.333 e. The molecule has 0 saturated carbocycles. The van der Waals surface area contributed by atoms with Crippen molar-refractivity contribution in [1.29, 1.82) is 0 Å². The zero-order chi connectivity index (χ0) is 11.1. The summed E-state index contributed by atoms with van der Waals surface area (Å²) in [6.07, 6.45) is 1.27. The van der Waals surface area contributed by atoms with Crippen molar-refractivity contribution in [3.63, 3.8) is 0 Å². The lowest BCUT2D eigenvalue weighted by Crippen LogP contribution is -2.34. The summed E-state index contributed by atoms with van der Waals surface area (Å²) < 4.78 is 4.75. The number of rotatable bonds is 5. The van der Waals surface area contributed by atoms with E-state index in [1.165, 1.54) is 6.20 Å². The van der Waals surface area contributed by atoms with Crippen LogP contribution in [0.5, 0.6) is 0 Å². The first-order valence-electron chi connectivity index (χ1n) is 4.00. The largest absolute Gasteiger partial charge is 0.460 e. The number of hydrogen-bond donors (Lipinski definition) is 1. The molecule has 0 aliphatic rings. The Hall–Kier alpha value is -1.78. The average Bonchev–Trinajstić information content (AvgIpc) is 2.11. The van der Waals surface area contributed by atoms with E-state index in [2.05, 4.69) is 13.2 Å². The molecule has 0 radical (unpaired) electrons. The molecule has 5 heteroatoms. The topological polar surface area (TPSA) is 72.6 Å². The summed E-state index contributed by atoms with van der Waals surface area (Å²) in [6, 6.07) is -0.633. The lowest BCUT2D eigenvalue weighted by molar-refractivity contribution is -0.139. The van der Waals surface area contributed by atoms with Crippen molar-refractivity contribution in [2.45, 2.75) is 6.92 Å². The Labute approximate surface area is 82.8 Å². The van der Waals surface area contributed by atoms with Gasteiger partial charge in [0.2, 0.25) is 0 Å². The van der Waals surface area contributed by atoms with E-state index in [-0.39, 0.29) is 13.2 Å². The van der Waals surface area contributed by atoms with Gasteiger partial charge in [-0.15, -0.1) is 0 Å². The molecule has 14 heavy (non-hydrogen) atoms. The van der Waals surface area contributed by atoms with E-state index in [0.29, 0.717) is 5.57 Å². The molecule has 0 rings (SSSR count). The monoisotopic (exact) mass is 198 g/mol. The van der Waals surface area contributed by atoms with Crippen LogP contribution >= 0.6 is 0 Å². The second-order valence-corrected chi connectivity index (χ2v) is 2.63. The molecular weight excluding hydrogens is 184 g/mol. The summed E-state index contributed by atoms with van der Waals surface area (Å²) in [6.45, 7) is 8.60. The summed E-state index contributed by atoms with van der Waals surface area (Å²) in [5.41, 5.74) is 5.30. The molecule has 0 aromatic rings. The summed E-state index contributed by atoms with van der Waals surface area (Å²) in [4.78, 5) is 22.7. The molecule has 0 aromatic heterocycles. The first-order valence-corrected chi connectivity index (χ1v) is 4.00. The van der Waals surface area contributed by atoms with E-state index < -0.39 is 12.0 Å². The number of amides is 2. The lowest BCUT2D eigenvalue weighted by Gasteiger charge is -2.14. The summed E-state index contributed by atoms with van der Waals surface area (Å²) in [5, 5.41) is 0. The number of esters is 1. The molecule has 78 valence electrons. The Bertz CT molecular complexity index is 261. The number of urea groups is 1. The van der Waals surface area contributed by atoms with E-state index in [1.54, 1.807) is 6.92 Å². The predicted octanol–water partition coefficient (Wildman–Crippen LogP) is 0.630. The quantitative estimate of drug-likeness (QED) is 0.520. The Morgan fingerprint density at radius 3 is 2.50 bits per heavy atom. The second kappa shape index (κ2) is 5.80. The Kier molecular flexibility index (Phi) is 5.06. The maximum absolute atomic E-state index is 10.9. The molecular formula is C9H14N2O3. The van der Waals surface area contributed by atoms with Crippen LogP contribution in [0.3, 0.4) is 0 Å². The minimum absolute atomic E-state index is 0.0701. The van der Waals surface area contributed by atoms with Gasteiger partial charge in [-0.1, -0.05) is 13.2 Å². The number of carbonyl (C=O) groups excluding carboxylic acids is 2. The number of hydrogen-bond acceptors (Lipinski definition) is 3. The molecule has 0 bridgehead atoms. The molecule has 0 fully saturated rings. The van der Waals surface area contributed by atoms with Gasteiger partial charge in [0, 0.05) is 11.8 Å². The number of ether oxygens (including phenoxy) is 1. The molecule has 0 saturated heterocycles. The second-order valence-electron chi connectivity index (χ2n) is 2.63. The van der Waals surface area contributed by atoms with Crippen LogP contribution in [-0.4, -0.2) is 30.1 Å². The summed E-state index contributed by atoms with van der Waals surface area (Å²) in [5.74, 6) is -0.488. The van der Waals surface area contributed by atoms with Crippen LogP contribution in [-0.2, 0) is 9.53 Å². The molecule has 0 aliphatic carbocycles. The lowest BCUT2D eigenvalue weighted by atomic mass is 10.4. The van der Waals surface area contributed by atoms with Crippen LogP contribution in [0.4, 0.5) is 4.79 Å². The SMILES string of the molecule is C=CN(CCOC(=O)C(=C)C)C(N)=O. The highest BCUT2D eigenvalue weighted by molar-refractivity contribution is 5.86. The van der Waals surface area contributed by atoms with Crippen LogP contribution in [0.25, 0.3) is 0 Å². The van der Waals surface area contributed by atoms with Gasteiger partial charge in [-0.3, -0.25) is 4.90 Å². The van der Waals surface area contributed by atoms with Crippen molar-refractivity contribution in [1.82, 2.24) is 4.90 Å². The number of primary amides is 1. The maximum atomic E-state index is 10.9. The summed E-state index contributed by atoms with van der Waals surface area (Å²) >= 11 is 0. The average molecular weight is 198 g/mol. The molecule has 2 amide bonds. The molecule has 0 unspecified atom stereocenters. The standard InChI is InChI=1S/C9H14N2O3/c1-4-11(9(10)13)5-6-14-8(12)7(2)3/h4H,1-2,5-6H2,3H3,(H2,10,13). The molecule has 0 atom stereocenters. The number of nitrogens with zero attached hydrogens (tertiary/aromatic N) is 1. The number of carbonyl (C=O) groups is 2. The maximum Gasteiger partial charge on any atom is 0.333 e. The van der Waals surface area contributed by atoms with Gasteiger partial charge in [0.05, 0.1) is 6.54 Å². The van der Waals surface area contributed by atoms with Crippen LogP contribution in [0.1, 0.15) is 6.92 Å². The molecule has 0 heterocycles. The predicted molar refractivity (Wildman–Crippen MR) is 52.3 cm³/mol. The van der Waals surface area contributed by atoms with Gasteiger partial charge < -0.3 is 10.5 Å². The van der Waals surface area contributed by atoms with Crippen molar-refractivity contribution >= 4 is 12.0 Å². The highest BCUT2D eigenvalue weighted by Gasteiger charge is 2.07. The normalized spacial score (nSPS) is 8.93. The van der Waals surface area contributed by atoms with E-state index in [0.717, 1.165) is 4.90 Å². The van der Waals surface area contributed by atoms with Crippen molar-refractivity contribution in [3.05, 3.63) is 24.9 Å². The fraction of sp³-hybridized carbons (Fsp3) is 0.333. The van der Waals surface area contributed by atoms with E-state index in [4.69, 9.17) is 10.5 Å². The van der Waals surface area contributed by atoms with Crippen LogP contribution in [0, 0.1) is 0 Å². The minimum Gasteiger partial charge on any atom is -0.460 e. The Balaban J connectivity index is 3.83. The van der Waals surface area contributed by atoms with Crippen molar-refractivity contribution in [2.24, 2.45) is 5.73 Å². The van der Waals surface area contributed by atoms with Crippen molar-refractivity contribution in [3.8, 4) is 0 Å². The van der Waals surface area contributed by atoms with Gasteiger partial charge in [-0.25, -0.2) is 9.59 Å².